The van der Waals surface area contributed by atoms with Crippen LogP contribution in [0.2, 0.25) is 0 Å². The van der Waals surface area contributed by atoms with Crippen LogP contribution < -0.4 is 23.2 Å². The third-order valence-corrected chi connectivity index (χ3v) is 15.4. The lowest BCUT2D eigenvalue weighted by Crippen LogP contribution is -2.54. The van der Waals surface area contributed by atoms with Gasteiger partial charge in [0.2, 0.25) is 0 Å². The quantitative estimate of drug-likeness (QED) is 0.0521. The van der Waals surface area contributed by atoms with E-state index >= 15 is 0 Å². The number of aromatic amines is 1. The number of aliphatic carboxylic acids is 4. The van der Waals surface area contributed by atoms with E-state index in [9.17, 15) is 39.6 Å². The lowest BCUT2D eigenvalue weighted by Gasteiger charge is -2.41. The Morgan fingerprint density at radius 1 is 0.487 bits per heavy atom. The van der Waals surface area contributed by atoms with Gasteiger partial charge in [-0.3, -0.25) is 42.1 Å². The fraction of sp³-hybridized carbons (Fsp3) is 0.281. The van der Waals surface area contributed by atoms with E-state index in [-0.39, 0.29) is 28.1 Å². The number of rotatable bonds is 16. The van der Waals surface area contributed by atoms with Crippen LogP contribution in [0.3, 0.4) is 0 Å². The molecule has 80 heavy (non-hydrogen) atoms. The molecule has 0 saturated carbocycles. The Labute approximate surface area is 467 Å². The maximum atomic E-state index is 14.1. The van der Waals surface area contributed by atoms with Crippen molar-refractivity contribution < 1.29 is 39.6 Å². The molecule has 0 spiro atoms. The van der Waals surface area contributed by atoms with Gasteiger partial charge >= 0.3 is 23.9 Å². The van der Waals surface area contributed by atoms with Gasteiger partial charge in [-0.05, 0) is 154 Å². The first kappa shape index (κ1) is 56.2. The minimum absolute atomic E-state index is 0.0816. The Hall–Kier alpha value is -8.54. The van der Waals surface area contributed by atoms with E-state index in [2.05, 4.69) is 76.9 Å². The van der Waals surface area contributed by atoms with E-state index in [0.29, 0.717) is 68.7 Å². The highest BCUT2D eigenvalue weighted by Crippen LogP contribution is 2.50. The van der Waals surface area contributed by atoms with Gasteiger partial charge in [-0.25, -0.2) is 4.99 Å². The first-order valence-corrected chi connectivity index (χ1v) is 26.5. The smallest absolute Gasteiger partial charge is 0.307 e. The fourth-order valence-electron chi connectivity index (χ4n) is 11.3. The average molecular weight is 1080 g/mol. The number of allylic oxidation sites excluding steroid dienone is 5. The number of carbonyl (C=O) groups is 4. The van der Waals surface area contributed by atoms with Crippen molar-refractivity contribution >= 4 is 74.8 Å². The molecule has 1 aromatic heterocycles. The van der Waals surface area contributed by atoms with Crippen LogP contribution >= 0.6 is 0 Å². The molecule has 2 atom stereocenters. The predicted octanol–water partition coefficient (Wildman–Crippen LogP) is 9.24. The van der Waals surface area contributed by atoms with Crippen molar-refractivity contribution in [3.8, 4) is 0 Å². The van der Waals surface area contributed by atoms with Crippen LogP contribution in [0.4, 0.5) is 22.7 Å². The summed E-state index contributed by atoms with van der Waals surface area (Å²) in [5.41, 5.74) is 9.74. The third-order valence-electron chi connectivity index (χ3n) is 15.4. The highest BCUT2D eigenvalue weighted by atomic mass is 16.4. The number of nitrogens with one attached hydrogen (secondary N) is 2. The molecule has 0 aliphatic carbocycles. The summed E-state index contributed by atoms with van der Waals surface area (Å²) < 4.78 is 1.98. The van der Waals surface area contributed by atoms with E-state index in [1.54, 1.807) is 18.2 Å². The molecule has 4 aliphatic heterocycles. The molecule has 4 aliphatic rings. The van der Waals surface area contributed by atoms with Gasteiger partial charge < -0.3 is 30.7 Å². The first-order valence-electron chi connectivity index (χ1n) is 26.5. The van der Waals surface area contributed by atoms with Crippen LogP contribution in [-0.2, 0) is 24.6 Å². The van der Waals surface area contributed by atoms with Crippen molar-refractivity contribution in [2.24, 2.45) is 9.98 Å². The Morgan fingerprint density at radius 3 is 1.34 bits per heavy atom. The van der Waals surface area contributed by atoms with Gasteiger partial charge in [-0.15, -0.1) is 0 Å². The van der Waals surface area contributed by atoms with E-state index in [1.165, 1.54) is 0 Å². The minimum Gasteiger partial charge on any atom is -0.481 e. The number of aromatic nitrogens is 1. The van der Waals surface area contributed by atoms with Crippen LogP contribution in [0.1, 0.15) is 59.3 Å². The van der Waals surface area contributed by atoms with Crippen molar-refractivity contribution in [3.05, 3.63) is 195 Å². The van der Waals surface area contributed by atoms with E-state index in [4.69, 9.17) is 9.98 Å². The van der Waals surface area contributed by atoms with Crippen molar-refractivity contribution in [2.75, 3.05) is 84.6 Å². The number of hydrogen-bond donors (Lipinski definition) is 6. The van der Waals surface area contributed by atoms with Gasteiger partial charge in [0.05, 0.1) is 145 Å². The number of carboxylic acid groups (broad SMARTS) is 4. The third kappa shape index (κ3) is 10.9. The van der Waals surface area contributed by atoms with Crippen LogP contribution in [-0.4, -0.2) is 151 Å². The van der Waals surface area contributed by atoms with Crippen molar-refractivity contribution in [3.63, 3.8) is 0 Å². The summed E-state index contributed by atoms with van der Waals surface area (Å²) in [6, 6.07) is 34.0. The molecule has 4 aromatic carbocycles. The van der Waals surface area contributed by atoms with E-state index in [0.717, 1.165) is 39.4 Å². The molecule has 0 amide bonds. The molecule has 0 saturated heterocycles. The molecule has 8 bridgehead atoms. The normalized spacial score (nSPS) is 21.3. The molecule has 16 nitrogen and oxygen atoms in total. The van der Waals surface area contributed by atoms with Crippen LogP contribution in [0.5, 0.6) is 0 Å². The van der Waals surface area contributed by atoms with Gasteiger partial charge in [-0.2, -0.15) is 0 Å². The zero-order valence-electron chi connectivity index (χ0n) is 47.6. The summed E-state index contributed by atoms with van der Waals surface area (Å²) in [7, 11) is 24.6. The molecule has 5 heterocycles. The second-order valence-corrected chi connectivity index (χ2v) is 24.6. The molecular formula is C64H72N8O8+4. The summed E-state index contributed by atoms with van der Waals surface area (Å²) in [6.07, 6.45) is 2.80. The van der Waals surface area contributed by atoms with E-state index < -0.39 is 61.0 Å². The molecule has 2 unspecified atom stereocenters. The summed E-state index contributed by atoms with van der Waals surface area (Å²) in [5.74, 6) is -5.05. The summed E-state index contributed by atoms with van der Waals surface area (Å²) in [6.45, 7) is 0. The largest absolute Gasteiger partial charge is 0.481 e. The number of carboxylic acids is 4. The molecule has 6 N–H and O–H groups in total. The Bertz CT molecular complexity index is 3630. The van der Waals surface area contributed by atoms with Crippen LogP contribution in [0.15, 0.2) is 171 Å². The molecule has 9 rings (SSSR count). The molecular weight excluding hydrogens is 1010 g/mol. The van der Waals surface area contributed by atoms with Crippen molar-refractivity contribution in [1.82, 2.24) is 28.2 Å². The number of benzene rings is 4. The average Bonchev–Trinajstić information content (AvgIpc) is 4.34. The lowest BCUT2D eigenvalue weighted by molar-refractivity contribution is -0.138. The van der Waals surface area contributed by atoms with Gasteiger partial charge in [0.15, 0.2) is 0 Å². The highest BCUT2D eigenvalue weighted by Gasteiger charge is 2.54. The van der Waals surface area contributed by atoms with Crippen molar-refractivity contribution in [2.45, 2.75) is 37.1 Å². The van der Waals surface area contributed by atoms with Gasteiger partial charge in [0.25, 0.3) is 0 Å². The Morgan fingerprint density at radius 2 is 0.912 bits per heavy atom. The Kier molecular flexibility index (Phi) is 14.5. The Balaban J connectivity index is 1.50. The molecule has 5 aromatic rings. The molecule has 16 heteroatoms. The second kappa shape index (κ2) is 20.6. The number of hydrogen-bond acceptors (Lipinski definition) is 7. The monoisotopic (exact) mass is 1080 g/mol. The maximum Gasteiger partial charge on any atom is 0.307 e. The SMILES string of the molecule is C[N+](C)(C)c1ccc(/C2=C3/NC(C(CC(=O)O)=C3CC(=O)O)C(CC(=O)O)(c3ccc([N+](C)(C)C)cc3)C3=N/C(=C(/c4ccc([N+](C)(C)C)cc4)c4ccc([nH]4)/C(c4ccc([N+](C)(C)C)cc4)=C4/C=CC2=N4)C=C3CC(=O)O)cc1. The zero-order valence-corrected chi connectivity index (χ0v) is 47.6. The number of aliphatic imine (C=N–C) groups is 2. The van der Waals surface area contributed by atoms with Crippen molar-refractivity contribution in [1.29, 1.82) is 0 Å². The van der Waals surface area contributed by atoms with E-state index in [1.807, 2.05) is 127 Å². The van der Waals surface area contributed by atoms with Gasteiger partial charge in [-0.1, -0.05) is 12.1 Å². The summed E-state index contributed by atoms with van der Waals surface area (Å²) in [5, 5.41) is 48.0. The highest BCUT2D eigenvalue weighted by molar-refractivity contribution is 6.32. The first-order chi connectivity index (χ1) is 37.4. The second-order valence-electron chi connectivity index (χ2n) is 24.6. The van der Waals surface area contributed by atoms with Gasteiger partial charge in [0.1, 0.15) is 22.7 Å². The molecule has 412 valence electrons. The minimum atomic E-state index is -1.92. The molecule has 0 radical (unpaired) electrons. The summed E-state index contributed by atoms with van der Waals surface area (Å²) >= 11 is 0. The zero-order chi connectivity index (χ0) is 58.0. The summed E-state index contributed by atoms with van der Waals surface area (Å²) in [4.78, 5) is 69.1. The number of quaternary nitrogens is 4. The van der Waals surface area contributed by atoms with Crippen LogP contribution in [0, 0.1) is 0 Å². The predicted molar refractivity (Wildman–Crippen MR) is 321 cm³/mol. The number of fused-ring (bicyclic) bond motifs is 6. The lowest BCUT2D eigenvalue weighted by atomic mass is 9.64. The standard InChI is InChI=1S/C64H68N8O8/c1-69(2,3)43-21-13-38(14-22-43)58-49-29-30-51(65-49)59(39-15-23-44(24-16-39)70(4,5)6)53-33-41(34-54(73)74)62(67-53)64(37-57(79)80,42-19-27-46(28-20-42)72(10,11)12)63-48(36-56(77)78)47(35-55(75)76)61(68-63)60(52-32-31-50(58)66-52)40-17-25-45(26-18-40)71(7,8)9/h13-33,63H,34-37H2,1-12H3,(H2-4,65,66,67,68,73,74,75,76,77,78,79,80)/p+4. The topological polar surface area (TPSA) is 202 Å². The maximum absolute atomic E-state index is 14.1. The number of nitrogens with zero attached hydrogens (tertiary/aromatic N) is 6. The van der Waals surface area contributed by atoms with Crippen LogP contribution in [0.25, 0.3) is 16.7 Å². The fourth-order valence-corrected chi connectivity index (χ4v) is 11.3. The van der Waals surface area contributed by atoms with Gasteiger partial charge in [0, 0.05) is 33.8 Å². The molecule has 0 fully saturated rings. The number of H-pyrrole nitrogens is 1.